The van der Waals surface area contributed by atoms with E-state index in [1.165, 1.54) is 11.1 Å². The van der Waals surface area contributed by atoms with Crippen LogP contribution in [0, 0.1) is 13.8 Å². The lowest BCUT2D eigenvalue weighted by atomic mass is 9.84. The minimum absolute atomic E-state index is 0. The second-order valence-corrected chi connectivity index (χ2v) is 9.95. The third-order valence-electron chi connectivity index (χ3n) is 7.24. The number of rotatable bonds is 6. The number of aryl methyl sites for hydroxylation is 2. The summed E-state index contributed by atoms with van der Waals surface area (Å²) in [6, 6.07) is 19.1. The van der Waals surface area contributed by atoms with E-state index in [0.29, 0.717) is 5.56 Å². The smallest absolute Gasteiger partial charge is 0.257 e. The predicted octanol–water partition coefficient (Wildman–Crippen LogP) is 6.66. The van der Waals surface area contributed by atoms with E-state index in [9.17, 15) is 4.79 Å². The van der Waals surface area contributed by atoms with Gasteiger partial charge in [-0.2, -0.15) is 5.10 Å². The van der Waals surface area contributed by atoms with Crippen LogP contribution in [-0.4, -0.2) is 15.7 Å². The second-order valence-electron chi connectivity index (χ2n) is 9.95. The maximum atomic E-state index is 13.8. The first-order valence-corrected chi connectivity index (χ1v) is 12.0. The van der Waals surface area contributed by atoms with Gasteiger partial charge in [0.1, 0.15) is 11.4 Å². The van der Waals surface area contributed by atoms with Gasteiger partial charge in [0.05, 0.1) is 22.8 Å². The molecule has 0 saturated carbocycles. The van der Waals surface area contributed by atoms with E-state index in [2.05, 4.69) is 93.8 Å². The zero-order valence-corrected chi connectivity index (χ0v) is 21.9. The van der Waals surface area contributed by atoms with Crippen molar-refractivity contribution in [2.24, 2.45) is 0 Å². The number of aromatic nitrogens is 2. The lowest BCUT2D eigenvalue weighted by Gasteiger charge is -2.38. The summed E-state index contributed by atoms with van der Waals surface area (Å²) in [7, 11) is 0. The molecule has 1 aromatic heterocycles. The number of nitrogens with one attached hydrogen (secondary N) is 2. The van der Waals surface area contributed by atoms with Crippen molar-refractivity contribution in [2.45, 2.75) is 77.9 Å². The lowest BCUT2D eigenvalue weighted by Crippen LogP contribution is -2.45. The van der Waals surface area contributed by atoms with Crippen molar-refractivity contribution in [3.8, 4) is 0 Å². The minimum Gasteiger partial charge on any atom is -0.363 e. The zero-order valence-electron chi connectivity index (χ0n) is 21.1. The van der Waals surface area contributed by atoms with Crippen LogP contribution in [0.25, 0.3) is 0 Å². The molecule has 1 aliphatic rings. The summed E-state index contributed by atoms with van der Waals surface area (Å²) in [5.74, 6) is 0.732. The number of amides is 1. The predicted molar refractivity (Wildman–Crippen MR) is 142 cm³/mol. The van der Waals surface area contributed by atoms with Gasteiger partial charge < -0.3 is 10.6 Å². The van der Waals surface area contributed by atoms with Crippen molar-refractivity contribution in [2.75, 3.05) is 5.32 Å². The lowest BCUT2D eigenvalue weighted by molar-refractivity contribution is 0.0889. The fraction of sp³-hybridized carbons (Fsp3) is 0.429. The molecule has 1 amide bonds. The summed E-state index contributed by atoms with van der Waals surface area (Å²) in [4.78, 5) is 13.8. The molecule has 0 aliphatic carbocycles. The van der Waals surface area contributed by atoms with Crippen molar-refractivity contribution in [1.29, 1.82) is 0 Å². The van der Waals surface area contributed by atoms with Gasteiger partial charge in [0.25, 0.3) is 5.91 Å². The summed E-state index contributed by atoms with van der Waals surface area (Å²) in [6.45, 7) is 12.7. The normalized spacial score (nSPS) is 16.7. The van der Waals surface area contributed by atoms with Crippen LogP contribution in [0.15, 0.2) is 54.6 Å². The standard InChI is InChI=1S/C28H36N4O.ClH/c1-7-28(8-2,22-16-14-19(3)15-17-22)30-26(33)24-20(4)31-32-25(24)29-23(18-27(32,5)6)21-12-10-9-11-13-21;/h9-17,23,29H,7-8,18H2,1-6H3,(H,30,33);1H/t23-;/m1./s1. The number of anilines is 1. The van der Waals surface area contributed by atoms with Gasteiger partial charge in [-0.05, 0) is 58.1 Å². The topological polar surface area (TPSA) is 59.0 Å². The Morgan fingerprint density at radius 3 is 2.29 bits per heavy atom. The van der Waals surface area contributed by atoms with E-state index in [0.717, 1.165) is 36.3 Å². The summed E-state index contributed by atoms with van der Waals surface area (Å²) in [6.07, 6.45) is 2.52. The first-order valence-electron chi connectivity index (χ1n) is 12.0. The molecule has 1 atom stereocenters. The quantitative estimate of drug-likeness (QED) is 0.414. The molecule has 0 saturated heterocycles. The van der Waals surface area contributed by atoms with Gasteiger partial charge in [-0.1, -0.05) is 74.0 Å². The van der Waals surface area contributed by atoms with Crippen LogP contribution < -0.4 is 10.6 Å². The first-order chi connectivity index (χ1) is 15.7. The molecule has 6 heteroatoms. The highest BCUT2D eigenvalue weighted by Crippen LogP contribution is 2.41. The Balaban J connectivity index is 0.00000324. The van der Waals surface area contributed by atoms with Crippen LogP contribution in [0.5, 0.6) is 0 Å². The van der Waals surface area contributed by atoms with Crippen LogP contribution in [0.3, 0.4) is 0 Å². The molecule has 182 valence electrons. The molecule has 3 aromatic rings. The Morgan fingerprint density at radius 1 is 1.09 bits per heavy atom. The van der Waals surface area contributed by atoms with Gasteiger partial charge in [0.2, 0.25) is 0 Å². The molecule has 4 rings (SSSR count). The largest absolute Gasteiger partial charge is 0.363 e. The number of hydrogen-bond donors (Lipinski definition) is 2. The molecule has 34 heavy (non-hydrogen) atoms. The Labute approximate surface area is 209 Å². The maximum absolute atomic E-state index is 13.8. The van der Waals surface area contributed by atoms with Gasteiger partial charge in [-0.3, -0.25) is 4.79 Å². The second kappa shape index (κ2) is 9.83. The summed E-state index contributed by atoms with van der Waals surface area (Å²) in [5, 5.41) is 11.9. The molecule has 2 N–H and O–H groups in total. The monoisotopic (exact) mass is 480 g/mol. The molecule has 0 fully saturated rings. The Bertz CT molecular complexity index is 1130. The van der Waals surface area contributed by atoms with E-state index >= 15 is 0 Å². The fourth-order valence-electron chi connectivity index (χ4n) is 5.12. The average Bonchev–Trinajstić information content (AvgIpc) is 3.15. The zero-order chi connectivity index (χ0) is 23.8. The fourth-order valence-corrected chi connectivity index (χ4v) is 5.12. The highest BCUT2D eigenvalue weighted by molar-refractivity contribution is 6.00. The molecule has 0 unspecified atom stereocenters. The van der Waals surface area contributed by atoms with Gasteiger partial charge >= 0.3 is 0 Å². The molecule has 1 aliphatic heterocycles. The van der Waals surface area contributed by atoms with Crippen molar-refractivity contribution >= 4 is 24.1 Å². The van der Waals surface area contributed by atoms with E-state index in [1.54, 1.807) is 0 Å². The number of carbonyl (C=O) groups is 1. The number of benzene rings is 2. The van der Waals surface area contributed by atoms with E-state index < -0.39 is 5.54 Å². The van der Waals surface area contributed by atoms with E-state index in [-0.39, 0.29) is 29.9 Å². The Kier molecular flexibility index (Phi) is 7.47. The number of carbonyl (C=O) groups excluding carboxylic acids is 1. The Morgan fingerprint density at radius 2 is 1.71 bits per heavy atom. The van der Waals surface area contributed by atoms with Crippen LogP contribution >= 0.6 is 12.4 Å². The summed E-state index contributed by atoms with van der Waals surface area (Å²) < 4.78 is 2.00. The molecule has 0 bridgehead atoms. The van der Waals surface area contributed by atoms with Gasteiger partial charge in [-0.15, -0.1) is 12.4 Å². The van der Waals surface area contributed by atoms with Gasteiger partial charge in [0, 0.05) is 0 Å². The SMILES string of the molecule is CCC(CC)(NC(=O)c1c(C)nn2c1N[C@@H](c1ccccc1)CC2(C)C)c1ccc(C)cc1.Cl. The van der Waals surface area contributed by atoms with E-state index in [1.807, 2.05) is 17.7 Å². The number of halogens is 1. The maximum Gasteiger partial charge on any atom is 0.257 e. The van der Waals surface area contributed by atoms with Gasteiger partial charge in [0.15, 0.2) is 0 Å². The molecule has 5 nitrogen and oxygen atoms in total. The minimum atomic E-state index is -0.422. The Hall–Kier alpha value is -2.79. The molecular formula is C28H37ClN4O. The highest BCUT2D eigenvalue weighted by atomic mass is 35.5. The van der Waals surface area contributed by atoms with E-state index in [4.69, 9.17) is 5.10 Å². The van der Waals surface area contributed by atoms with Crippen LogP contribution in [-0.2, 0) is 11.1 Å². The third-order valence-corrected chi connectivity index (χ3v) is 7.24. The molecular weight excluding hydrogens is 444 g/mol. The third kappa shape index (κ3) is 4.58. The number of fused-ring (bicyclic) bond motifs is 1. The molecule has 2 heterocycles. The summed E-state index contributed by atoms with van der Waals surface area (Å²) in [5.41, 5.74) is 4.33. The molecule has 2 aromatic carbocycles. The molecule has 0 radical (unpaired) electrons. The van der Waals surface area contributed by atoms with Crippen LogP contribution in [0.4, 0.5) is 5.82 Å². The average molecular weight is 481 g/mol. The van der Waals surface area contributed by atoms with Crippen LogP contribution in [0.2, 0.25) is 0 Å². The first kappa shape index (κ1) is 25.8. The number of hydrogen-bond acceptors (Lipinski definition) is 3. The highest BCUT2D eigenvalue weighted by Gasteiger charge is 2.39. The van der Waals surface area contributed by atoms with Crippen molar-refractivity contribution in [3.05, 3.63) is 82.5 Å². The van der Waals surface area contributed by atoms with Gasteiger partial charge in [-0.25, -0.2) is 4.68 Å². The van der Waals surface area contributed by atoms with Crippen molar-refractivity contribution in [1.82, 2.24) is 15.1 Å². The van der Waals surface area contributed by atoms with Crippen molar-refractivity contribution < 1.29 is 4.79 Å². The summed E-state index contributed by atoms with van der Waals surface area (Å²) >= 11 is 0. The molecule has 0 spiro atoms. The van der Waals surface area contributed by atoms with Crippen molar-refractivity contribution in [3.63, 3.8) is 0 Å². The number of nitrogens with zero attached hydrogens (tertiary/aromatic N) is 2. The van der Waals surface area contributed by atoms with Crippen LogP contribution in [0.1, 0.15) is 85.7 Å².